The van der Waals surface area contributed by atoms with Crippen LogP contribution >= 0.6 is 22.7 Å². The first kappa shape index (κ1) is 12.6. The number of hydrogen-bond acceptors (Lipinski definition) is 2. The standard InChI is InChI=1S/C12H11F3S2/c1-6-4-8(3)16-10(6)9-5-7(2)11(17-9)12(13,14)15/h4-5H,1-3H3. The number of aryl methyl sites for hydroxylation is 3. The maximum Gasteiger partial charge on any atom is 0.425 e. The molecule has 0 bridgehead atoms. The fourth-order valence-corrected chi connectivity index (χ4v) is 3.99. The van der Waals surface area contributed by atoms with Gasteiger partial charge in [0.2, 0.25) is 0 Å². The van der Waals surface area contributed by atoms with Crippen LogP contribution in [0.4, 0.5) is 13.2 Å². The van der Waals surface area contributed by atoms with E-state index in [2.05, 4.69) is 0 Å². The molecule has 0 fully saturated rings. The van der Waals surface area contributed by atoms with E-state index < -0.39 is 11.1 Å². The van der Waals surface area contributed by atoms with Crippen molar-refractivity contribution in [1.29, 1.82) is 0 Å². The molecule has 0 N–H and O–H groups in total. The molecule has 0 aliphatic carbocycles. The predicted octanol–water partition coefficient (Wildman–Crippen LogP) is 5.42. The lowest BCUT2D eigenvalue weighted by Gasteiger charge is -2.03. The van der Waals surface area contributed by atoms with E-state index in [9.17, 15) is 13.2 Å². The van der Waals surface area contributed by atoms with Crippen LogP contribution in [0.5, 0.6) is 0 Å². The zero-order chi connectivity index (χ0) is 12.8. The third-order valence-corrected chi connectivity index (χ3v) is 5.05. The summed E-state index contributed by atoms with van der Waals surface area (Å²) in [5.74, 6) is 0. The fourth-order valence-electron chi connectivity index (χ4n) is 1.76. The molecule has 0 saturated heterocycles. The van der Waals surface area contributed by atoms with Gasteiger partial charge in [0.25, 0.3) is 0 Å². The average Bonchev–Trinajstić information content (AvgIpc) is 2.68. The van der Waals surface area contributed by atoms with E-state index in [1.54, 1.807) is 17.4 Å². The highest BCUT2D eigenvalue weighted by Crippen LogP contribution is 2.43. The Bertz CT molecular complexity index is 547. The third-order valence-electron chi connectivity index (χ3n) is 2.44. The molecule has 2 aromatic rings. The summed E-state index contributed by atoms with van der Waals surface area (Å²) >= 11 is 2.38. The van der Waals surface area contributed by atoms with Crippen LogP contribution in [-0.2, 0) is 6.18 Å². The summed E-state index contributed by atoms with van der Waals surface area (Å²) < 4.78 is 38.1. The fraction of sp³-hybridized carbons (Fsp3) is 0.333. The van der Waals surface area contributed by atoms with Gasteiger partial charge in [-0.25, -0.2) is 0 Å². The molecule has 0 saturated carbocycles. The Morgan fingerprint density at radius 3 is 2.00 bits per heavy atom. The van der Waals surface area contributed by atoms with Crippen LogP contribution in [0.2, 0.25) is 0 Å². The van der Waals surface area contributed by atoms with Crippen molar-refractivity contribution >= 4 is 22.7 Å². The van der Waals surface area contributed by atoms with Crippen molar-refractivity contribution in [1.82, 2.24) is 0 Å². The van der Waals surface area contributed by atoms with Crippen molar-refractivity contribution in [3.63, 3.8) is 0 Å². The van der Waals surface area contributed by atoms with Crippen LogP contribution in [0, 0.1) is 20.8 Å². The highest BCUT2D eigenvalue weighted by Gasteiger charge is 2.35. The molecular weight excluding hydrogens is 265 g/mol. The predicted molar refractivity (Wildman–Crippen MR) is 66.8 cm³/mol. The van der Waals surface area contributed by atoms with Crippen molar-refractivity contribution in [2.75, 3.05) is 0 Å². The molecular formula is C12H11F3S2. The van der Waals surface area contributed by atoms with Crippen LogP contribution in [-0.4, -0.2) is 0 Å². The van der Waals surface area contributed by atoms with Gasteiger partial charge in [0.1, 0.15) is 4.88 Å². The zero-order valence-electron chi connectivity index (χ0n) is 9.61. The number of halogens is 3. The van der Waals surface area contributed by atoms with E-state index in [0.29, 0.717) is 10.4 Å². The summed E-state index contributed by atoms with van der Waals surface area (Å²) in [6.07, 6.45) is -4.24. The van der Waals surface area contributed by atoms with Crippen LogP contribution in [0.25, 0.3) is 9.75 Å². The van der Waals surface area contributed by atoms with E-state index in [4.69, 9.17) is 0 Å². The number of alkyl halides is 3. The highest BCUT2D eigenvalue weighted by molar-refractivity contribution is 7.22. The van der Waals surface area contributed by atoms with Crippen molar-refractivity contribution in [3.8, 4) is 9.75 Å². The second-order valence-corrected chi connectivity index (χ2v) is 6.30. The Kier molecular flexibility index (Phi) is 3.08. The highest BCUT2D eigenvalue weighted by atomic mass is 32.1. The average molecular weight is 276 g/mol. The molecule has 2 heterocycles. The van der Waals surface area contributed by atoms with Crippen molar-refractivity contribution < 1.29 is 13.2 Å². The van der Waals surface area contributed by atoms with Gasteiger partial charge in [-0.2, -0.15) is 13.2 Å². The maximum atomic E-state index is 12.7. The Morgan fingerprint density at radius 1 is 0.941 bits per heavy atom. The molecule has 0 atom stereocenters. The largest absolute Gasteiger partial charge is 0.425 e. The van der Waals surface area contributed by atoms with E-state index in [-0.39, 0.29) is 0 Å². The van der Waals surface area contributed by atoms with Crippen molar-refractivity contribution in [2.45, 2.75) is 26.9 Å². The minimum atomic E-state index is -4.24. The Labute approximate surface area is 106 Å². The monoisotopic (exact) mass is 276 g/mol. The Balaban J connectivity index is 2.52. The van der Waals surface area contributed by atoms with Gasteiger partial charge in [0, 0.05) is 14.6 Å². The van der Waals surface area contributed by atoms with Crippen molar-refractivity contribution in [2.24, 2.45) is 0 Å². The molecule has 0 nitrogen and oxygen atoms in total. The lowest BCUT2D eigenvalue weighted by atomic mass is 10.2. The summed E-state index contributed by atoms with van der Waals surface area (Å²) in [7, 11) is 0. The minimum absolute atomic E-state index is 0.308. The van der Waals surface area contributed by atoms with Crippen molar-refractivity contribution in [3.05, 3.63) is 33.0 Å². The van der Waals surface area contributed by atoms with Crippen LogP contribution < -0.4 is 0 Å². The summed E-state index contributed by atoms with van der Waals surface area (Å²) in [4.78, 5) is 2.30. The number of rotatable bonds is 1. The molecule has 92 valence electrons. The van der Waals surface area contributed by atoms with E-state index in [1.807, 2.05) is 19.9 Å². The van der Waals surface area contributed by atoms with Gasteiger partial charge in [0.15, 0.2) is 0 Å². The summed E-state index contributed by atoms with van der Waals surface area (Å²) in [5, 5.41) is 0. The molecule has 0 aliphatic rings. The van der Waals surface area contributed by atoms with Gasteiger partial charge in [-0.15, -0.1) is 22.7 Å². The summed E-state index contributed by atoms with van der Waals surface area (Å²) in [6, 6.07) is 3.63. The molecule has 0 aromatic carbocycles. The van der Waals surface area contributed by atoms with E-state index in [1.165, 1.54) is 6.92 Å². The Morgan fingerprint density at radius 2 is 1.59 bits per heavy atom. The molecule has 0 amide bonds. The first-order chi connectivity index (χ1) is 7.79. The molecule has 17 heavy (non-hydrogen) atoms. The third kappa shape index (κ3) is 2.40. The SMILES string of the molecule is Cc1cc(C)c(-c2cc(C)c(C(F)(F)F)s2)s1. The molecule has 0 aliphatic heterocycles. The van der Waals surface area contributed by atoms with Gasteiger partial charge >= 0.3 is 6.18 Å². The smallest absolute Gasteiger partial charge is 0.165 e. The van der Waals surface area contributed by atoms with Crippen LogP contribution in [0.3, 0.4) is 0 Å². The quantitative estimate of drug-likeness (QED) is 0.652. The van der Waals surface area contributed by atoms with Gasteiger partial charge in [-0.3, -0.25) is 0 Å². The first-order valence-corrected chi connectivity index (χ1v) is 6.67. The van der Waals surface area contributed by atoms with Gasteiger partial charge in [-0.05, 0) is 44.0 Å². The van der Waals surface area contributed by atoms with Crippen LogP contribution in [0.1, 0.15) is 20.9 Å². The Hall–Kier alpha value is -0.810. The molecule has 0 unspecified atom stereocenters. The molecule has 2 rings (SSSR count). The molecule has 0 spiro atoms. The summed E-state index contributed by atoms with van der Waals surface area (Å²) in [5.41, 5.74) is 1.35. The maximum absolute atomic E-state index is 12.7. The van der Waals surface area contributed by atoms with Crippen LogP contribution in [0.15, 0.2) is 12.1 Å². The molecule has 5 heteroatoms. The normalized spacial score (nSPS) is 12.1. The number of thiophene rings is 2. The first-order valence-electron chi connectivity index (χ1n) is 5.04. The summed E-state index contributed by atoms with van der Waals surface area (Å²) in [6.45, 7) is 5.41. The van der Waals surface area contributed by atoms with Gasteiger partial charge in [-0.1, -0.05) is 0 Å². The lowest BCUT2D eigenvalue weighted by molar-refractivity contribution is -0.134. The molecule has 2 aromatic heterocycles. The van der Waals surface area contributed by atoms with Gasteiger partial charge in [0.05, 0.1) is 0 Å². The molecule has 0 radical (unpaired) electrons. The number of hydrogen-bond donors (Lipinski definition) is 0. The topological polar surface area (TPSA) is 0 Å². The minimum Gasteiger partial charge on any atom is -0.165 e. The van der Waals surface area contributed by atoms with E-state index in [0.717, 1.165) is 26.7 Å². The zero-order valence-corrected chi connectivity index (χ0v) is 11.2. The lowest BCUT2D eigenvalue weighted by Crippen LogP contribution is -2.02. The second kappa shape index (κ2) is 4.14. The second-order valence-electron chi connectivity index (χ2n) is 3.99. The van der Waals surface area contributed by atoms with Gasteiger partial charge < -0.3 is 0 Å². The van der Waals surface area contributed by atoms with E-state index >= 15 is 0 Å².